The summed E-state index contributed by atoms with van der Waals surface area (Å²) in [6.07, 6.45) is 1.56. The van der Waals surface area contributed by atoms with Gasteiger partial charge in [0.25, 0.3) is 5.56 Å². The van der Waals surface area contributed by atoms with Gasteiger partial charge in [-0.2, -0.15) is 0 Å². The van der Waals surface area contributed by atoms with Gasteiger partial charge < -0.3 is 5.73 Å². The van der Waals surface area contributed by atoms with E-state index in [9.17, 15) is 4.79 Å². The molecule has 4 nitrogen and oxygen atoms in total. The van der Waals surface area contributed by atoms with Gasteiger partial charge >= 0.3 is 0 Å². The van der Waals surface area contributed by atoms with Crippen molar-refractivity contribution in [1.82, 2.24) is 9.55 Å². The van der Waals surface area contributed by atoms with Gasteiger partial charge in [0.1, 0.15) is 4.70 Å². The molecule has 0 fully saturated rings. The minimum atomic E-state index is -0.0353. The lowest BCUT2D eigenvalue weighted by Crippen LogP contribution is -2.29. The van der Waals surface area contributed by atoms with Crippen molar-refractivity contribution in [3.05, 3.63) is 28.1 Å². The standard InChI is InChI=1S/C9H11N3OS/c1-6(10)4-12-5-11-7-2-3-14-8(7)9(12)13/h2-3,5-6H,4,10H2,1H3. The quantitative estimate of drug-likeness (QED) is 0.796. The van der Waals surface area contributed by atoms with Crippen molar-refractivity contribution in [2.75, 3.05) is 0 Å². The second-order valence-corrected chi connectivity index (χ2v) is 4.23. The molecule has 2 rings (SSSR count). The van der Waals surface area contributed by atoms with Crippen LogP contribution in [0.3, 0.4) is 0 Å². The first kappa shape index (κ1) is 9.36. The third kappa shape index (κ3) is 1.56. The summed E-state index contributed by atoms with van der Waals surface area (Å²) in [5.74, 6) is 0. The van der Waals surface area contributed by atoms with Crippen molar-refractivity contribution in [3.8, 4) is 0 Å². The zero-order valence-corrected chi connectivity index (χ0v) is 8.62. The number of thiophene rings is 1. The molecule has 0 saturated carbocycles. The normalized spacial score (nSPS) is 13.3. The average molecular weight is 209 g/mol. The molecular weight excluding hydrogens is 198 g/mol. The summed E-state index contributed by atoms with van der Waals surface area (Å²) in [6.45, 7) is 2.38. The summed E-state index contributed by atoms with van der Waals surface area (Å²) in [4.78, 5) is 16.0. The fourth-order valence-electron chi connectivity index (χ4n) is 1.32. The fraction of sp³-hybridized carbons (Fsp3) is 0.333. The van der Waals surface area contributed by atoms with E-state index in [2.05, 4.69) is 4.98 Å². The molecule has 2 heterocycles. The van der Waals surface area contributed by atoms with E-state index in [1.807, 2.05) is 18.4 Å². The Hall–Kier alpha value is -1.20. The molecule has 1 unspecified atom stereocenters. The van der Waals surface area contributed by atoms with Crippen LogP contribution in [0.2, 0.25) is 0 Å². The summed E-state index contributed by atoms with van der Waals surface area (Å²) in [5, 5.41) is 1.87. The molecule has 74 valence electrons. The Balaban J connectivity index is 2.57. The van der Waals surface area contributed by atoms with Gasteiger partial charge in [0, 0.05) is 12.6 Å². The minimum Gasteiger partial charge on any atom is -0.326 e. The molecule has 0 radical (unpaired) electrons. The second kappa shape index (κ2) is 3.51. The van der Waals surface area contributed by atoms with Crippen LogP contribution in [-0.4, -0.2) is 15.6 Å². The first-order chi connectivity index (χ1) is 6.68. The second-order valence-electron chi connectivity index (χ2n) is 3.31. The Morgan fingerprint density at radius 2 is 2.50 bits per heavy atom. The molecule has 5 heteroatoms. The Bertz CT molecular complexity index is 500. The van der Waals surface area contributed by atoms with Crippen LogP contribution in [0.5, 0.6) is 0 Å². The molecule has 0 saturated heterocycles. The average Bonchev–Trinajstić information content (AvgIpc) is 2.57. The van der Waals surface area contributed by atoms with Crippen LogP contribution in [0, 0.1) is 0 Å². The molecule has 14 heavy (non-hydrogen) atoms. The first-order valence-corrected chi connectivity index (χ1v) is 5.24. The Kier molecular flexibility index (Phi) is 2.35. The van der Waals surface area contributed by atoms with Gasteiger partial charge in [-0.3, -0.25) is 9.36 Å². The summed E-state index contributed by atoms with van der Waals surface area (Å²) in [7, 11) is 0. The van der Waals surface area contributed by atoms with Crippen LogP contribution in [-0.2, 0) is 6.54 Å². The molecule has 0 aliphatic carbocycles. The van der Waals surface area contributed by atoms with Crippen molar-refractivity contribution < 1.29 is 0 Å². The van der Waals surface area contributed by atoms with Gasteiger partial charge in [-0.25, -0.2) is 4.98 Å². The van der Waals surface area contributed by atoms with E-state index in [1.165, 1.54) is 11.3 Å². The van der Waals surface area contributed by atoms with Crippen LogP contribution in [0.25, 0.3) is 10.2 Å². The highest BCUT2D eigenvalue weighted by atomic mass is 32.1. The number of nitrogens with two attached hydrogens (primary N) is 1. The van der Waals surface area contributed by atoms with Crippen LogP contribution in [0.4, 0.5) is 0 Å². The van der Waals surface area contributed by atoms with Crippen molar-refractivity contribution in [2.45, 2.75) is 19.5 Å². The van der Waals surface area contributed by atoms with E-state index in [0.717, 1.165) is 5.52 Å². The fourth-order valence-corrected chi connectivity index (χ4v) is 2.11. The van der Waals surface area contributed by atoms with Crippen LogP contribution in [0.1, 0.15) is 6.92 Å². The van der Waals surface area contributed by atoms with Gasteiger partial charge in [0.2, 0.25) is 0 Å². The van der Waals surface area contributed by atoms with E-state index >= 15 is 0 Å². The maximum absolute atomic E-state index is 11.8. The number of fused-ring (bicyclic) bond motifs is 1. The molecule has 0 aliphatic rings. The van der Waals surface area contributed by atoms with Gasteiger partial charge in [-0.15, -0.1) is 11.3 Å². The van der Waals surface area contributed by atoms with Crippen molar-refractivity contribution in [1.29, 1.82) is 0 Å². The van der Waals surface area contributed by atoms with Crippen molar-refractivity contribution in [2.24, 2.45) is 5.73 Å². The highest BCUT2D eigenvalue weighted by Gasteiger charge is 2.05. The summed E-state index contributed by atoms with van der Waals surface area (Å²) in [5.41, 5.74) is 6.40. The maximum Gasteiger partial charge on any atom is 0.271 e. The van der Waals surface area contributed by atoms with E-state index in [-0.39, 0.29) is 11.6 Å². The van der Waals surface area contributed by atoms with Gasteiger partial charge in [0.05, 0.1) is 11.8 Å². The smallest absolute Gasteiger partial charge is 0.271 e. The Morgan fingerprint density at radius 3 is 3.21 bits per heavy atom. The SMILES string of the molecule is CC(N)Cn1cnc2ccsc2c1=O. The predicted molar refractivity (Wildman–Crippen MR) is 57.5 cm³/mol. The van der Waals surface area contributed by atoms with Crippen LogP contribution in [0.15, 0.2) is 22.6 Å². The molecule has 2 N–H and O–H groups in total. The monoisotopic (exact) mass is 209 g/mol. The first-order valence-electron chi connectivity index (χ1n) is 4.36. The molecule has 0 aromatic carbocycles. The molecule has 2 aromatic rings. The van der Waals surface area contributed by atoms with E-state index < -0.39 is 0 Å². The minimum absolute atomic E-state index is 0.00213. The van der Waals surface area contributed by atoms with Gasteiger partial charge in [-0.05, 0) is 18.4 Å². The number of hydrogen-bond acceptors (Lipinski definition) is 4. The van der Waals surface area contributed by atoms with E-state index in [0.29, 0.717) is 11.2 Å². The zero-order chi connectivity index (χ0) is 10.1. The van der Waals surface area contributed by atoms with Crippen molar-refractivity contribution in [3.63, 3.8) is 0 Å². The van der Waals surface area contributed by atoms with E-state index in [1.54, 1.807) is 10.9 Å². The largest absolute Gasteiger partial charge is 0.326 e. The summed E-state index contributed by atoms with van der Waals surface area (Å²) >= 11 is 1.42. The van der Waals surface area contributed by atoms with Crippen LogP contribution >= 0.6 is 11.3 Å². The van der Waals surface area contributed by atoms with Gasteiger partial charge in [-0.1, -0.05) is 0 Å². The third-order valence-corrected chi connectivity index (χ3v) is 2.81. The molecule has 0 bridgehead atoms. The molecule has 0 spiro atoms. The highest BCUT2D eigenvalue weighted by Crippen LogP contribution is 2.12. The Morgan fingerprint density at radius 1 is 1.71 bits per heavy atom. The molecule has 1 atom stereocenters. The maximum atomic E-state index is 11.8. The lowest BCUT2D eigenvalue weighted by molar-refractivity contribution is 0.571. The molecular formula is C9H11N3OS. The molecule has 0 amide bonds. The number of aromatic nitrogens is 2. The summed E-state index contributed by atoms with van der Waals surface area (Å²) < 4.78 is 2.26. The zero-order valence-electron chi connectivity index (χ0n) is 7.80. The van der Waals surface area contributed by atoms with Gasteiger partial charge in [0.15, 0.2) is 0 Å². The summed E-state index contributed by atoms with van der Waals surface area (Å²) in [6, 6.07) is 1.81. The molecule has 2 aromatic heterocycles. The lowest BCUT2D eigenvalue weighted by Gasteiger charge is -2.07. The third-order valence-electron chi connectivity index (χ3n) is 1.92. The number of nitrogens with zero attached hydrogens (tertiary/aromatic N) is 2. The Labute approximate surface area is 85.0 Å². The highest BCUT2D eigenvalue weighted by molar-refractivity contribution is 7.17. The number of rotatable bonds is 2. The molecule has 0 aliphatic heterocycles. The predicted octanol–water partition coefficient (Wildman–Crippen LogP) is 0.805. The van der Waals surface area contributed by atoms with E-state index in [4.69, 9.17) is 5.73 Å². The number of hydrogen-bond donors (Lipinski definition) is 1. The topological polar surface area (TPSA) is 60.9 Å². The van der Waals surface area contributed by atoms with Crippen LogP contribution < -0.4 is 11.3 Å². The van der Waals surface area contributed by atoms with Crippen molar-refractivity contribution >= 4 is 21.6 Å². The lowest BCUT2D eigenvalue weighted by atomic mass is 10.3.